The largest absolute Gasteiger partial charge is 0.379 e. The Bertz CT molecular complexity index is 470. The van der Waals surface area contributed by atoms with Gasteiger partial charge in [0.2, 0.25) is 5.95 Å². The summed E-state index contributed by atoms with van der Waals surface area (Å²) >= 11 is 0. The lowest BCUT2D eigenvalue weighted by atomic mass is 10.2. The quantitative estimate of drug-likeness (QED) is 0.837. The van der Waals surface area contributed by atoms with Gasteiger partial charge in [-0.3, -0.25) is 4.90 Å². The van der Waals surface area contributed by atoms with E-state index in [0.717, 1.165) is 56.9 Å². The minimum atomic E-state index is 0.579. The molecule has 0 atom stereocenters. The molecule has 0 bridgehead atoms. The standard InChI is InChI=1S/C16H27N5O/c1-13-12-15(19-14-4-2-3-5-14)20-16(18-13)17-6-7-21-8-10-22-11-9-21/h12,14H,2-11H2,1H3,(H2,17,18,19,20). The summed E-state index contributed by atoms with van der Waals surface area (Å²) in [6.07, 6.45) is 5.16. The summed E-state index contributed by atoms with van der Waals surface area (Å²) < 4.78 is 5.36. The Morgan fingerprint density at radius 1 is 1.23 bits per heavy atom. The molecule has 22 heavy (non-hydrogen) atoms. The van der Waals surface area contributed by atoms with Crippen molar-refractivity contribution in [2.75, 3.05) is 50.0 Å². The Morgan fingerprint density at radius 3 is 2.77 bits per heavy atom. The highest BCUT2D eigenvalue weighted by molar-refractivity contribution is 5.43. The second kappa shape index (κ2) is 7.74. The molecule has 0 spiro atoms. The Kier molecular flexibility index (Phi) is 5.45. The molecule has 0 unspecified atom stereocenters. The Morgan fingerprint density at radius 2 is 2.00 bits per heavy atom. The smallest absolute Gasteiger partial charge is 0.224 e. The van der Waals surface area contributed by atoms with Crippen LogP contribution in [0.15, 0.2) is 6.07 Å². The van der Waals surface area contributed by atoms with Crippen LogP contribution in [0.5, 0.6) is 0 Å². The maximum absolute atomic E-state index is 5.36. The highest BCUT2D eigenvalue weighted by Gasteiger charge is 2.15. The van der Waals surface area contributed by atoms with Crippen LogP contribution in [0, 0.1) is 6.92 Å². The van der Waals surface area contributed by atoms with Crippen molar-refractivity contribution < 1.29 is 4.74 Å². The average molecular weight is 305 g/mol. The van der Waals surface area contributed by atoms with Crippen molar-refractivity contribution in [3.63, 3.8) is 0 Å². The van der Waals surface area contributed by atoms with E-state index >= 15 is 0 Å². The third-order valence-electron chi connectivity index (χ3n) is 4.38. The zero-order valence-electron chi connectivity index (χ0n) is 13.5. The number of morpholine rings is 1. The Balaban J connectivity index is 1.50. The number of nitrogens with one attached hydrogen (secondary N) is 2. The molecule has 1 saturated heterocycles. The first-order valence-corrected chi connectivity index (χ1v) is 8.46. The van der Waals surface area contributed by atoms with Gasteiger partial charge in [0.15, 0.2) is 0 Å². The normalized spacial score (nSPS) is 20.2. The van der Waals surface area contributed by atoms with Crippen molar-refractivity contribution in [3.05, 3.63) is 11.8 Å². The molecule has 0 amide bonds. The van der Waals surface area contributed by atoms with Gasteiger partial charge in [0.05, 0.1) is 13.2 Å². The van der Waals surface area contributed by atoms with Gasteiger partial charge in [-0.25, -0.2) is 4.98 Å². The zero-order valence-corrected chi connectivity index (χ0v) is 13.5. The predicted molar refractivity (Wildman–Crippen MR) is 88.4 cm³/mol. The monoisotopic (exact) mass is 305 g/mol. The molecule has 1 aliphatic carbocycles. The second-order valence-electron chi connectivity index (χ2n) is 6.22. The Hall–Kier alpha value is -1.40. The maximum atomic E-state index is 5.36. The molecule has 0 radical (unpaired) electrons. The van der Waals surface area contributed by atoms with Gasteiger partial charge in [-0.1, -0.05) is 12.8 Å². The molecule has 122 valence electrons. The number of aryl methyl sites for hydroxylation is 1. The van der Waals surface area contributed by atoms with E-state index < -0.39 is 0 Å². The molecule has 1 saturated carbocycles. The van der Waals surface area contributed by atoms with E-state index in [2.05, 4.69) is 25.5 Å². The van der Waals surface area contributed by atoms with Crippen LogP contribution in [-0.4, -0.2) is 60.3 Å². The SMILES string of the molecule is Cc1cc(NC2CCCC2)nc(NCCN2CCOCC2)n1. The van der Waals surface area contributed by atoms with E-state index in [1.807, 2.05) is 13.0 Å². The summed E-state index contributed by atoms with van der Waals surface area (Å²) in [5, 5.41) is 6.90. The lowest BCUT2D eigenvalue weighted by molar-refractivity contribution is 0.0398. The fourth-order valence-electron chi connectivity index (χ4n) is 3.15. The summed E-state index contributed by atoms with van der Waals surface area (Å²) in [7, 11) is 0. The van der Waals surface area contributed by atoms with E-state index in [1.54, 1.807) is 0 Å². The van der Waals surface area contributed by atoms with Crippen molar-refractivity contribution in [2.45, 2.75) is 38.6 Å². The minimum Gasteiger partial charge on any atom is -0.379 e. The second-order valence-corrected chi connectivity index (χ2v) is 6.22. The van der Waals surface area contributed by atoms with Gasteiger partial charge < -0.3 is 15.4 Å². The van der Waals surface area contributed by atoms with Crippen molar-refractivity contribution in [2.24, 2.45) is 0 Å². The number of nitrogens with zero attached hydrogens (tertiary/aromatic N) is 3. The summed E-state index contributed by atoms with van der Waals surface area (Å²) in [6.45, 7) is 7.62. The molecule has 3 rings (SSSR count). The average Bonchev–Trinajstić information content (AvgIpc) is 3.01. The van der Waals surface area contributed by atoms with Gasteiger partial charge in [0.1, 0.15) is 5.82 Å². The molecule has 6 nitrogen and oxygen atoms in total. The van der Waals surface area contributed by atoms with Gasteiger partial charge in [0, 0.05) is 44.0 Å². The first kappa shape index (κ1) is 15.5. The number of rotatable bonds is 6. The van der Waals surface area contributed by atoms with Crippen LogP contribution >= 0.6 is 0 Å². The third-order valence-corrected chi connectivity index (χ3v) is 4.38. The number of hydrogen-bond donors (Lipinski definition) is 2. The fourth-order valence-corrected chi connectivity index (χ4v) is 3.15. The van der Waals surface area contributed by atoms with Gasteiger partial charge in [0.25, 0.3) is 0 Å². The maximum Gasteiger partial charge on any atom is 0.224 e. The van der Waals surface area contributed by atoms with Crippen LogP contribution in [0.25, 0.3) is 0 Å². The van der Waals surface area contributed by atoms with E-state index in [0.29, 0.717) is 6.04 Å². The van der Waals surface area contributed by atoms with Crippen LogP contribution in [0.3, 0.4) is 0 Å². The number of hydrogen-bond acceptors (Lipinski definition) is 6. The molecule has 1 aliphatic heterocycles. The van der Waals surface area contributed by atoms with E-state index in [4.69, 9.17) is 4.74 Å². The van der Waals surface area contributed by atoms with E-state index in [-0.39, 0.29) is 0 Å². The molecule has 1 aromatic rings. The highest BCUT2D eigenvalue weighted by atomic mass is 16.5. The molecular formula is C16H27N5O. The van der Waals surface area contributed by atoms with E-state index in [1.165, 1.54) is 25.7 Å². The zero-order chi connectivity index (χ0) is 15.2. The molecule has 1 aromatic heterocycles. The fraction of sp³-hybridized carbons (Fsp3) is 0.750. The van der Waals surface area contributed by atoms with Crippen LogP contribution in [0.1, 0.15) is 31.4 Å². The van der Waals surface area contributed by atoms with Crippen molar-refractivity contribution in [3.8, 4) is 0 Å². The minimum absolute atomic E-state index is 0.579. The van der Waals surface area contributed by atoms with Gasteiger partial charge in [-0.15, -0.1) is 0 Å². The summed E-state index contributed by atoms with van der Waals surface area (Å²) in [5.74, 6) is 1.68. The van der Waals surface area contributed by atoms with Gasteiger partial charge in [-0.05, 0) is 19.8 Å². The number of ether oxygens (including phenoxy) is 1. The number of anilines is 2. The van der Waals surface area contributed by atoms with Gasteiger partial charge >= 0.3 is 0 Å². The first-order valence-electron chi connectivity index (χ1n) is 8.46. The van der Waals surface area contributed by atoms with Crippen molar-refractivity contribution >= 4 is 11.8 Å². The van der Waals surface area contributed by atoms with Crippen LogP contribution < -0.4 is 10.6 Å². The highest BCUT2D eigenvalue weighted by Crippen LogP contribution is 2.22. The molecular weight excluding hydrogens is 278 g/mol. The molecule has 2 N–H and O–H groups in total. The summed E-state index contributed by atoms with van der Waals surface area (Å²) in [4.78, 5) is 11.5. The molecule has 6 heteroatoms. The molecule has 2 aliphatic rings. The third kappa shape index (κ3) is 4.55. The van der Waals surface area contributed by atoms with E-state index in [9.17, 15) is 0 Å². The summed E-state index contributed by atoms with van der Waals surface area (Å²) in [6, 6.07) is 2.61. The summed E-state index contributed by atoms with van der Waals surface area (Å²) in [5.41, 5.74) is 1.00. The Labute approximate surface area is 132 Å². The predicted octanol–water partition coefficient (Wildman–Crippen LogP) is 1.88. The number of aromatic nitrogens is 2. The topological polar surface area (TPSA) is 62.3 Å². The molecule has 0 aromatic carbocycles. The molecule has 2 fully saturated rings. The lowest BCUT2D eigenvalue weighted by Gasteiger charge is -2.26. The van der Waals surface area contributed by atoms with Crippen LogP contribution in [0.4, 0.5) is 11.8 Å². The van der Waals surface area contributed by atoms with Gasteiger partial charge in [-0.2, -0.15) is 4.98 Å². The first-order chi connectivity index (χ1) is 10.8. The van der Waals surface area contributed by atoms with Crippen molar-refractivity contribution in [1.82, 2.24) is 14.9 Å². The van der Waals surface area contributed by atoms with Crippen LogP contribution in [-0.2, 0) is 4.74 Å². The van der Waals surface area contributed by atoms with Crippen molar-refractivity contribution in [1.29, 1.82) is 0 Å². The van der Waals surface area contributed by atoms with Crippen LogP contribution in [0.2, 0.25) is 0 Å². The lowest BCUT2D eigenvalue weighted by Crippen LogP contribution is -2.39. The molecule has 2 heterocycles.